The summed E-state index contributed by atoms with van der Waals surface area (Å²) in [5.41, 5.74) is 0.372. The Morgan fingerprint density at radius 3 is 3.00 bits per heavy atom. The van der Waals surface area contributed by atoms with Crippen molar-refractivity contribution in [3.05, 3.63) is 18.2 Å². The number of hydrogen-bond donors (Lipinski definition) is 2. The van der Waals surface area contributed by atoms with E-state index in [0.29, 0.717) is 24.5 Å². The number of nitrogens with one attached hydrogen (secondary N) is 2. The Morgan fingerprint density at radius 1 is 1.43 bits per heavy atom. The van der Waals surface area contributed by atoms with Gasteiger partial charge in [0.1, 0.15) is 5.75 Å². The van der Waals surface area contributed by atoms with Gasteiger partial charge in [-0.1, -0.05) is 0 Å². The van der Waals surface area contributed by atoms with Gasteiger partial charge in [0.2, 0.25) is 15.9 Å². The van der Waals surface area contributed by atoms with Gasteiger partial charge in [-0.05, 0) is 24.6 Å². The third kappa shape index (κ3) is 4.16. The zero-order valence-corrected chi connectivity index (χ0v) is 12.5. The number of rotatable bonds is 6. The van der Waals surface area contributed by atoms with Crippen molar-refractivity contribution in [1.29, 1.82) is 0 Å². The average molecular weight is 314 g/mol. The number of ether oxygens (including phenoxy) is 2. The van der Waals surface area contributed by atoms with Crippen molar-refractivity contribution in [2.24, 2.45) is 0 Å². The lowest BCUT2D eigenvalue weighted by atomic mass is 10.3. The van der Waals surface area contributed by atoms with E-state index in [1.807, 2.05) is 0 Å². The van der Waals surface area contributed by atoms with E-state index in [-0.39, 0.29) is 30.4 Å². The lowest BCUT2D eigenvalue weighted by Gasteiger charge is -2.11. The molecule has 0 aromatic heterocycles. The maximum absolute atomic E-state index is 12.1. The highest BCUT2D eigenvalue weighted by Gasteiger charge is 2.19. The van der Waals surface area contributed by atoms with E-state index in [1.165, 1.54) is 12.1 Å². The molecule has 1 heterocycles. The number of sulfonamides is 1. The van der Waals surface area contributed by atoms with Gasteiger partial charge in [-0.15, -0.1) is 0 Å². The minimum absolute atomic E-state index is 0.0875. The van der Waals surface area contributed by atoms with Crippen LogP contribution in [-0.2, 0) is 19.6 Å². The first-order valence-electron chi connectivity index (χ1n) is 6.58. The molecule has 0 bridgehead atoms. The summed E-state index contributed by atoms with van der Waals surface area (Å²) >= 11 is 0. The summed E-state index contributed by atoms with van der Waals surface area (Å²) in [5, 5.41) is 2.64. The number of carbonyl (C=O) groups excluding carboxylic acids is 1. The Bertz CT molecular complexity index is 615. The van der Waals surface area contributed by atoms with Crippen LogP contribution in [0.5, 0.6) is 5.75 Å². The Labute approximate surface area is 123 Å². The van der Waals surface area contributed by atoms with Gasteiger partial charge in [-0.25, -0.2) is 13.1 Å². The van der Waals surface area contributed by atoms with Crippen molar-refractivity contribution in [3.63, 3.8) is 0 Å². The molecule has 0 unspecified atom stereocenters. The molecule has 0 atom stereocenters. The van der Waals surface area contributed by atoms with E-state index < -0.39 is 10.0 Å². The van der Waals surface area contributed by atoms with Gasteiger partial charge in [0.25, 0.3) is 0 Å². The predicted octanol–water partition coefficient (Wildman–Crippen LogP) is 0.722. The zero-order chi connectivity index (χ0) is 15.3. The minimum Gasteiger partial charge on any atom is -0.491 e. The quantitative estimate of drug-likeness (QED) is 0.755. The van der Waals surface area contributed by atoms with Crippen LogP contribution in [0.25, 0.3) is 0 Å². The summed E-state index contributed by atoms with van der Waals surface area (Å²) in [6.07, 6.45) is 0.826. The molecule has 0 aliphatic carbocycles. The normalized spacial score (nSPS) is 14.8. The van der Waals surface area contributed by atoms with E-state index in [0.717, 1.165) is 0 Å². The molecule has 0 radical (unpaired) electrons. The van der Waals surface area contributed by atoms with Crippen LogP contribution in [0.3, 0.4) is 0 Å². The fraction of sp³-hybridized carbons (Fsp3) is 0.462. The van der Waals surface area contributed by atoms with Crippen LogP contribution in [0.1, 0.15) is 12.8 Å². The van der Waals surface area contributed by atoms with Crippen LogP contribution < -0.4 is 14.8 Å². The number of anilines is 1. The summed E-state index contributed by atoms with van der Waals surface area (Å²) in [4.78, 5) is 11.6. The largest absolute Gasteiger partial charge is 0.491 e. The smallest absolute Gasteiger partial charge is 0.240 e. The number of amides is 1. The Kier molecular flexibility index (Phi) is 5.16. The monoisotopic (exact) mass is 314 g/mol. The molecule has 1 amide bonds. The fourth-order valence-electron chi connectivity index (χ4n) is 1.87. The summed E-state index contributed by atoms with van der Waals surface area (Å²) < 4.78 is 37.0. The molecule has 0 saturated carbocycles. The topological polar surface area (TPSA) is 93.7 Å². The molecule has 1 aromatic rings. The van der Waals surface area contributed by atoms with Crippen molar-refractivity contribution in [2.75, 3.05) is 32.2 Å². The van der Waals surface area contributed by atoms with Crippen molar-refractivity contribution in [2.45, 2.75) is 17.7 Å². The third-order valence-corrected chi connectivity index (χ3v) is 4.40. The number of hydrogen-bond acceptors (Lipinski definition) is 5. The van der Waals surface area contributed by atoms with Gasteiger partial charge in [0.05, 0.1) is 23.6 Å². The van der Waals surface area contributed by atoms with E-state index in [2.05, 4.69) is 10.0 Å². The van der Waals surface area contributed by atoms with Crippen LogP contribution in [0.4, 0.5) is 5.69 Å². The van der Waals surface area contributed by atoms with Crippen molar-refractivity contribution in [3.8, 4) is 5.75 Å². The number of fused-ring (bicyclic) bond motifs is 1. The molecule has 8 heteroatoms. The molecule has 7 nitrogen and oxygen atoms in total. The molecule has 21 heavy (non-hydrogen) atoms. The second-order valence-corrected chi connectivity index (χ2v) is 6.32. The van der Waals surface area contributed by atoms with E-state index in [9.17, 15) is 13.2 Å². The van der Waals surface area contributed by atoms with Gasteiger partial charge in [-0.2, -0.15) is 0 Å². The Morgan fingerprint density at radius 2 is 2.24 bits per heavy atom. The lowest BCUT2D eigenvalue weighted by molar-refractivity contribution is -0.116. The molecule has 1 aromatic carbocycles. The van der Waals surface area contributed by atoms with Crippen LogP contribution in [-0.4, -0.2) is 41.2 Å². The fourth-order valence-corrected chi connectivity index (χ4v) is 2.97. The Balaban J connectivity index is 2.15. The first kappa shape index (κ1) is 15.7. The molecular weight excluding hydrogens is 296 g/mol. The minimum atomic E-state index is -3.62. The highest BCUT2D eigenvalue weighted by atomic mass is 32.2. The van der Waals surface area contributed by atoms with Gasteiger partial charge in [-0.3, -0.25) is 4.79 Å². The molecule has 116 valence electrons. The third-order valence-electron chi connectivity index (χ3n) is 2.94. The van der Waals surface area contributed by atoms with E-state index in [4.69, 9.17) is 9.47 Å². The number of methoxy groups -OCH3 is 1. The molecular formula is C13H18N2O5S. The summed E-state index contributed by atoms with van der Waals surface area (Å²) in [5.74, 6) is 0.274. The van der Waals surface area contributed by atoms with Crippen molar-refractivity contribution < 1.29 is 22.7 Å². The van der Waals surface area contributed by atoms with Crippen LogP contribution in [0.15, 0.2) is 23.1 Å². The molecule has 1 aliphatic heterocycles. The van der Waals surface area contributed by atoms with Crippen LogP contribution in [0, 0.1) is 0 Å². The van der Waals surface area contributed by atoms with E-state index in [1.54, 1.807) is 13.2 Å². The predicted molar refractivity (Wildman–Crippen MR) is 76.9 cm³/mol. The number of carbonyl (C=O) groups is 1. The second kappa shape index (κ2) is 6.88. The van der Waals surface area contributed by atoms with Crippen LogP contribution in [0.2, 0.25) is 0 Å². The molecule has 0 fully saturated rings. The first-order chi connectivity index (χ1) is 10.0. The SMILES string of the molecule is COCCCNS(=O)(=O)c1ccc2c(c1)NC(=O)CCO2. The highest BCUT2D eigenvalue weighted by Crippen LogP contribution is 2.29. The maximum atomic E-state index is 12.1. The standard InChI is InChI=1S/C13H18N2O5S/c1-19-7-2-6-14-21(17,18)10-3-4-12-11(9-10)15-13(16)5-8-20-12/h3-4,9,14H,2,5-8H2,1H3,(H,15,16). The molecule has 0 saturated heterocycles. The number of benzene rings is 1. The Hall–Kier alpha value is -1.64. The van der Waals surface area contributed by atoms with Crippen molar-refractivity contribution >= 4 is 21.6 Å². The first-order valence-corrected chi connectivity index (χ1v) is 8.06. The van der Waals surface area contributed by atoms with Crippen LogP contribution >= 0.6 is 0 Å². The molecule has 1 aliphatic rings. The highest BCUT2D eigenvalue weighted by molar-refractivity contribution is 7.89. The maximum Gasteiger partial charge on any atom is 0.240 e. The lowest BCUT2D eigenvalue weighted by Crippen LogP contribution is -2.25. The van der Waals surface area contributed by atoms with Gasteiger partial charge in [0, 0.05) is 20.3 Å². The van der Waals surface area contributed by atoms with Gasteiger partial charge < -0.3 is 14.8 Å². The summed E-state index contributed by atoms with van der Waals surface area (Å²) in [6.45, 7) is 1.05. The molecule has 2 N–H and O–H groups in total. The van der Waals surface area contributed by atoms with Gasteiger partial charge >= 0.3 is 0 Å². The van der Waals surface area contributed by atoms with Crippen molar-refractivity contribution in [1.82, 2.24) is 4.72 Å². The second-order valence-electron chi connectivity index (χ2n) is 4.55. The van der Waals surface area contributed by atoms with E-state index >= 15 is 0 Å². The molecule has 0 spiro atoms. The summed E-state index contributed by atoms with van der Waals surface area (Å²) in [6, 6.07) is 4.40. The van der Waals surface area contributed by atoms with Gasteiger partial charge in [0.15, 0.2) is 0 Å². The summed E-state index contributed by atoms with van der Waals surface area (Å²) in [7, 11) is -2.06. The average Bonchev–Trinajstić information content (AvgIpc) is 2.63. The zero-order valence-electron chi connectivity index (χ0n) is 11.7. The molecule has 2 rings (SSSR count).